The van der Waals surface area contributed by atoms with E-state index < -0.39 is 17.6 Å². The number of H-pyrrole nitrogens is 2. The maximum absolute atomic E-state index is 13.8. The molecule has 13 nitrogen and oxygen atoms in total. The summed E-state index contributed by atoms with van der Waals surface area (Å²) in [6.07, 6.45) is 6.60. The van der Waals surface area contributed by atoms with Gasteiger partial charge in [0.15, 0.2) is 0 Å². The Morgan fingerprint density at radius 1 is 0.907 bits per heavy atom. The zero-order valence-electron chi connectivity index (χ0n) is 30.9. The van der Waals surface area contributed by atoms with Gasteiger partial charge in [-0.05, 0) is 67.5 Å². The van der Waals surface area contributed by atoms with Crippen molar-refractivity contribution >= 4 is 18.0 Å². The average Bonchev–Trinajstić information content (AvgIpc) is 3.93. The molecule has 0 radical (unpaired) electrons. The van der Waals surface area contributed by atoms with Crippen LogP contribution in [0, 0.1) is 0 Å². The summed E-state index contributed by atoms with van der Waals surface area (Å²) < 4.78 is 18.4. The molecule has 1 saturated heterocycles. The minimum absolute atomic E-state index is 0.102. The predicted octanol–water partition coefficient (Wildman–Crippen LogP) is 6.75. The van der Waals surface area contributed by atoms with Gasteiger partial charge < -0.3 is 34.1 Å². The van der Waals surface area contributed by atoms with Gasteiger partial charge >= 0.3 is 12.2 Å². The zero-order valence-corrected chi connectivity index (χ0v) is 30.9. The maximum atomic E-state index is 13.8. The zero-order chi connectivity index (χ0) is 37.6. The quantitative estimate of drug-likeness (QED) is 0.173. The number of hydrogen-bond donors (Lipinski definition) is 3. The standard InChI is InChI=1S/C41H45N7O6/c1-41(2,3)54-40(51)48-17-18-53-23-33(48)38-43-21-32(45-38)27-11-7-25(8-12-27)24-5-9-26(10-6-24)31-20-42-37(44-31)29-19-34(49)35-30(46-39(50)52-4)14-13-28-15-16-47(22-29)36(28)35/h5-12,15-16,20-21,29-30,33,35H,13-14,17-19,22-23H2,1-4H3,(H,42,44)(H,43,45)(H,46,50)/t29-,30-,33-,35?/m0/s1. The van der Waals surface area contributed by atoms with E-state index in [1.165, 1.54) is 12.7 Å². The number of nitrogens with zero attached hydrogens (tertiary/aromatic N) is 4. The number of carbonyl (C=O) groups is 3. The third-order valence-corrected chi connectivity index (χ3v) is 10.6. The molecule has 13 heteroatoms. The number of ether oxygens (including phenoxy) is 3. The summed E-state index contributed by atoms with van der Waals surface area (Å²) in [4.78, 5) is 56.7. The highest BCUT2D eigenvalue weighted by Gasteiger charge is 2.42. The molecule has 5 aromatic rings. The molecule has 2 amide bonds. The van der Waals surface area contributed by atoms with E-state index in [4.69, 9.17) is 19.2 Å². The Hall–Kier alpha value is -5.69. The van der Waals surface area contributed by atoms with E-state index >= 15 is 0 Å². The number of benzene rings is 2. The largest absolute Gasteiger partial charge is 0.453 e. The first-order valence-corrected chi connectivity index (χ1v) is 18.5. The highest BCUT2D eigenvalue weighted by Crippen LogP contribution is 2.40. The number of ketones is 1. The number of aryl methyl sites for hydroxylation is 1. The second-order valence-corrected chi connectivity index (χ2v) is 15.3. The van der Waals surface area contributed by atoms with Crippen molar-refractivity contribution in [2.45, 2.75) is 76.1 Å². The fourth-order valence-corrected chi connectivity index (χ4v) is 7.94. The average molecular weight is 732 g/mol. The van der Waals surface area contributed by atoms with Gasteiger partial charge in [-0.3, -0.25) is 9.69 Å². The van der Waals surface area contributed by atoms with Crippen LogP contribution < -0.4 is 5.32 Å². The Bertz CT molecular complexity index is 2160. The number of aromatic nitrogens is 5. The summed E-state index contributed by atoms with van der Waals surface area (Å²) in [6, 6.07) is 18.0. The van der Waals surface area contributed by atoms with Gasteiger partial charge in [0, 0.05) is 43.4 Å². The van der Waals surface area contributed by atoms with Crippen molar-refractivity contribution in [3.8, 4) is 33.6 Å². The topological polar surface area (TPSA) is 156 Å². The molecule has 0 saturated carbocycles. The summed E-state index contributed by atoms with van der Waals surface area (Å²) in [5.74, 6) is 0.990. The Balaban J connectivity index is 0.941. The Morgan fingerprint density at radius 2 is 1.54 bits per heavy atom. The second-order valence-electron chi connectivity index (χ2n) is 15.3. The molecule has 2 aliphatic heterocycles. The summed E-state index contributed by atoms with van der Waals surface area (Å²) in [5.41, 5.74) is 7.41. The van der Waals surface area contributed by atoms with E-state index in [1.807, 2.05) is 27.0 Å². The first-order chi connectivity index (χ1) is 26.0. The van der Waals surface area contributed by atoms with Crippen LogP contribution in [0.3, 0.4) is 0 Å². The van der Waals surface area contributed by atoms with Crippen molar-refractivity contribution in [2.24, 2.45) is 0 Å². The van der Waals surface area contributed by atoms with Crippen molar-refractivity contribution < 1.29 is 28.6 Å². The molecule has 0 spiro atoms. The fourth-order valence-electron chi connectivity index (χ4n) is 7.94. The lowest BCUT2D eigenvalue weighted by Crippen LogP contribution is -2.46. The van der Waals surface area contributed by atoms with Gasteiger partial charge in [0.1, 0.15) is 29.1 Å². The van der Waals surface area contributed by atoms with Crippen LogP contribution in [0.2, 0.25) is 0 Å². The molecule has 3 aliphatic rings. The number of aromatic amines is 2. The van der Waals surface area contributed by atoms with E-state index in [1.54, 1.807) is 11.1 Å². The molecule has 54 heavy (non-hydrogen) atoms. The van der Waals surface area contributed by atoms with E-state index in [-0.39, 0.29) is 29.9 Å². The lowest BCUT2D eigenvalue weighted by atomic mass is 9.79. The minimum atomic E-state index is -0.594. The van der Waals surface area contributed by atoms with Gasteiger partial charge in [0.05, 0.1) is 50.0 Å². The number of methoxy groups -OCH3 is 1. The molecular weight excluding hydrogens is 686 g/mol. The van der Waals surface area contributed by atoms with Crippen LogP contribution in [0.1, 0.15) is 74.4 Å². The van der Waals surface area contributed by atoms with E-state index in [0.717, 1.165) is 51.6 Å². The SMILES string of the molecule is COC(=O)N[C@H]1CCc2ccn3c2C1C(=O)C[C@H](c1ncc(-c2ccc(-c4ccc(-c5cnc([C@@H]6COCCN6C(=O)OC(C)(C)C)[nH]5)cc4)cc2)[nH]1)C3. The van der Waals surface area contributed by atoms with Gasteiger partial charge in [0.25, 0.3) is 0 Å². The number of Topliss-reactive ketones (excluding diaryl/α,β-unsaturated/α-hetero) is 1. The number of rotatable bonds is 6. The molecule has 1 unspecified atom stereocenters. The van der Waals surface area contributed by atoms with Crippen LogP contribution in [0.5, 0.6) is 0 Å². The van der Waals surface area contributed by atoms with E-state index in [2.05, 4.69) is 85.6 Å². The molecule has 280 valence electrons. The van der Waals surface area contributed by atoms with Crippen molar-refractivity contribution in [1.29, 1.82) is 0 Å². The molecule has 0 bridgehead atoms. The van der Waals surface area contributed by atoms with Crippen molar-refractivity contribution in [3.63, 3.8) is 0 Å². The fraction of sp³-hybridized carbons (Fsp3) is 0.390. The first-order valence-electron chi connectivity index (χ1n) is 18.5. The van der Waals surface area contributed by atoms with Crippen LogP contribution in [-0.4, -0.2) is 85.9 Å². The van der Waals surface area contributed by atoms with E-state index in [0.29, 0.717) is 45.0 Å². The van der Waals surface area contributed by atoms with Crippen LogP contribution in [-0.2, 0) is 32.0 Å². The summed E-state index contributed by atoms with van der Waals surface area (Å²) in [6.45, 7) is 7.43. The Labute approximate surface area is 313 Å². The summed E-state index contributed by atoms with van der Waals surface area (Å²) in [7, 11) is 1.34. The number of amides is 2. The van der Waals surface area contributed by atoms with Crippen LogP contribution >= 0.6 is 0 Å². The van der Waals surface area contributed by atoms with Gasteiger partial charge in [-0.15, -0.1) is 0 Å². The van der Waals surface area contributed by atoms with Crippen molar-refractivity contribution in [3.05, 3.63) is 96.1 Å². The lowest BCUT2D eigenvalue weighted by Gasteiger charge is -2.35. The molecule has 5 heterocycles. The molecule has 3 N–H and O–H groups in total. The highest BCUT2D eigenvalue weighted by atomic mass is 16.6. The number of nitrogens with one attached hydrogen (secondary N) is 3. The number of morpholine rings is 1. The normalized spacial score (nSPS) is 21.3. The van der Waals surface area contributed by atoms with Gasteiger partial charge in [-0.2, -0.15) is 0 Å². The Morgan fingerprint density at radius 3 is 2.19 bits per heavy atom. The number of carbonyl (C=O) groups excluding carboxylic acids is 3. The maximum Gasteiger partial charge on any atom is 0.411 e. The van der Waals surface area contributed by atoms with Crippen molar-refractivity contribution in [1.82, 2.24) is 34.7 Å². The van der Waals surface area contributed by atoms with Crippen molar-refractivity contribution in [2.75, 3.05) is 26.9 Å². The highest BCUT2D eigenvalue weighted by molar-refractivity contribution is 5.88. The number of alkyl carbamates (subject to hydrolysis) is 1. The van der Waals surface area contributed by atoms with Crippen LogP contribution in [0.4, 0.5) is 9.59 Å². The molecular formula is C41H45N7O6. The van der Waals surface area contributed by atoms with Crippen LogP contribution in [0.15, 0.2) is 73.2 Å². The third-order valence-electron chi connectivity index (χ3n) is 10.6. The molecule has 1 fully saturated rings. The lowest BCUT2D eigenvalue weighted by molar-refractivity contribution is -0.121. The van der Waals surface area contributed by atoms with Gasteiger partial charge in [-0.25, -0.2) is 19.6 Å². The monoisotopic (exact) mass is 731 g/mol. The molecule has 2 aromatic carbocycles. The van der Waals surface area contributed by atoms with Gasteiger partial charge in [-0.1, -0.05) is 48.5 Å². The Kier molecular flexibility index (Phi) is 9.34. The number of hydrogen-bond acceptors (Lipinski definition) is 8. The molecule has 3 aromatic heterocycles. The summed E-state index contributed by atoms with van der Waals surface area (Å²) >= 11 is 0. The molecule has 1 aliphatic carbocycles. The van der Waals surface area contributed by atoms with E-state index in [9.17, 15) is 14.4 Å². The first kappa shape index (κ1) is 35.3. The molecule has 8 rings (SSSR count). The van der Waals surface area contributed by atoms with Crippen LogP contribution in [0.25, 0.3) is 33.6 Å². The predicted molar refractivity (Wildman–Crippen MR) is 201 cm³/mol. The van der Waals surface area contributed by atoms with Gasteiger partial charge in [0.2, 0.25) is 0 Å². The summed E-state index contributed by atoms with van der Waals surface area (Å²) in [5, 5.41) is 2.91. The number of imidazole rings is 2. The smallest absolute Gasteiger partial charge is 0.411 e. The molecule has 4 atom stereocenters. The third kappa shape index (κ3) is 7.03. The minimum Gasteiger partial charge on any atom is -0.453 e. The second kappa shape index (κ2) is 14.3.